The van der Waals surface area contributed by atoms with Gasteiger partial charge in [-0.3, -0.25) is 4.79 Å². The number of nitrogens with zero attached hydrogens (tertiary/aromatic N) is 1. The van der Waals surface area contributed by atoms with Gasteiger partial charge in [0.2, 0.25) is 5.91 Å². The van der Waals surface area contributed by atoms with E-state index in [9.17, 15) is 4.79 Å². The molecule has 2 N–H and O–H groups in total. The first-order valence-corrected chi connectivity index (χ1v) is 9.52. The number of benzene rings is 2. The Bertz CT molecular complexity index is 845. The highest BCUT2D eigenvalue weighted by Gasteiger charge is 2.21. The number of nitrogens with one attached hydrogen (secondary N) is 2. The molecule has 0 radical (unpaired) electrons. The highest BCUT2D eigenvalue weighted by atomic mass is 35.5. The third-order valence-electron chi connectivity index (χ3n) is 3.88. The highest BCUT2D eigenvalue weighted by Crippen LogP contribution is 2.27. The van der Waals surface area contributed by atoms with Gasteiger partial charge in [0, 0.05) is 4.90 Å². The fourth-order valence-corrected chi connectivity index (χ4v) is 3.64. The van der Waals surface area contributed by atoms with Crippen molar-refractivity contribution in [3.63, 3.8) is 0 Å². The molecule has 2 aromatic carbocycles. The molecule has 0 aliphatic carbocycles. The summed E-state index contributed by atoms with van der Waals surface area (Å²) in [6.07, 6.45) is 0. The van der Waals surface area contributed by atoms with Gasteiger partial charge >= 0.3 is 0 Å². The molecule has 1 atom stereocenters. The molecule has 4 nitrogen and oxygen atoms in total. The van der Waals surface area contributed by atoms with Crippen LogP contribution in [0, 0.1) is 5.92 Å². The van der Waals surface area contributed by atoms with Crippen LogP contribution in [0.5, 0.6) is 0 Å². The molecule has 25 heavy (non-hydrogen) atoms. The summed E-state index contributed by atoms with van der Waals surface area (Å²) in [5.41, 5.74) is 1.88. The van der Waals surface area contributed by atoms with E-state index in [-0.39, 0.29) is 17.9 Å². The van der Waals surface area contributed by atoms with E-state index in [1.54, 1.807) is 0 Å². The lowest BCUT2D eigenvalue weighted by molar-refractivity contribution is -0.119. The number of aromatic nitrogens is 2. The summed E-state index contributed by atoms with van der Waals surface area (Å²) in [4.78, 5) is 21.3. The number of hydrogen-bond acceptors (Lipinski definition) is 3. The molecule has 130 valence electrons. The Kier molecular flexibility index (Phi) is 5.66. The predicted octanol–water partition coefficient (Wildman–Crippen LogP) is 4.82. The van der Waals surface area contributed by atoms with Gasteiger partial charge in [-0.05, 0) is 30.2 Å². The normalized spacial score (nSPS) is 12.5. The number of aromatic amines is 1. The summed E-state index contributed by atoms with van der Waals surface area (Å²) in [6, 6.07) is 15.2. The molecule has 1 unspecified atom stereocenters. The van der Waals surface area contributed by atoms with Crippen LogP contribution in [-0.2, 0) is 4.79 Å². The number of fused-ring (bicyclic) bond motifs is 1. The second-order valence-corrected chi connectivity index (χ2v) is 7.57. The Hall–Kier alpha value is -1.98. The first-order chi connectivity index (χ1) is 12.0. The predicted molar refractivity (Wildman–Crippen MR) is 104 cm³/mol. The summed E-state index contributed by atoms with van der Waals surface area (Å²) in [6.45, 7) is 4.14. The molecular formula is C19H20ClN3OS. The molecule has 0 bridgehead atoms. The Balaban J connectivity index is 1.69. The molecule has 0 spiro atoms. The van der Waals surface area contributed by atoms with Crippen LogP contribution in [0.15, 0.2) is 53.4 Å². The number of thioether (sulfide) groups is 1. The Morgan fingerprint density at radius 1 is 1.20 bits per heavy atom. The quantitative estimate of drug-likeness (QED) is 0.609. The van der Waals surface area contributed by atoms with E-state index < -0.39 is 0 Å². The summed E-state index contributed by atoms with van der Waals surface area (Å²) in [5.74, 6) is 1.28. The zero-order valence-corrected chi connectivity index (χ0v) is 15.7. The van der Waals surface area contributed by atoms with E-state index in [1.165, 1.54) is 11.8 Å². The number of halogens is 1. The minimum Gasteiger partial charge on any atom is -0.345 e. The van der Waals surface area contributed by atoms with Crippen molar-refractivity contribution in [1.82, 2.24) is 15.3 Å². The number of carbonyl (C=O) groups is 1. The van der Waals surface area contributed by atoms with Crippen molar-refractivity contribution in [2.75, 3.05) is 5.75 Å². The molecule has 6 heteroatoms. The van der Waals surface area contributed by atoms with Gasteiger partial charge in [0.05, 0.1) is 27.9 Å². The van der Waals surface area contributed by atoms with Crippen molar-refractivity contribution in [3.05, 3.63) is 59.4 Å². The van der Waals surface area contributed by atoms with Gasteiger partial charge in [-0.15, -0.1) is 11.8 Å². The van der Waals surface area contributed by atoms with Crippen molar-refractivity contribution in [2.45, 2.75) is 24.8 Å². The number of imidazole rings is 1. The average Bonchev–Trinajstić information content (AvgIpc) is 3.02. The first-order valence-electron chi connectivity index (χ1n) is 8.16. The second kappa shape index (κ2) is 7.93. The van der Waals surface area contributed by atoms with Crippen molar-refractivity contribution in [3.8, 4) is 0 Å². The molecule has 0 aliphatic heterocycles. The fourth-order valence-electron chi connectivity index (χ4n) is 2.59. The van der Waals surface area contributed by atoms with Crippen molar-refractivity contribution in [2.24, 2.45) is 5.92 Å². The van der Waals surface area contributed by atoms with Crippen LogP contribution in [0.3, 0.4) is 0 Å². The van der Waals surface area contributed by atoms with Gasteiger partial charge < -0.3 is 10.3 Å². The van der Waals surface area contributed by atoms with E-state index in [1.807, 2.05) is 48.5 Å². The number of para-hydroxylation sites is 2. The number of carbonyl (C=O) groups excluding carboxylic acids is 1. The lowest BCUT2D eigenvalue weighted by Gasteiger charge is -2.20. The molecule has 1 amide bonds. The van der Waals surface area contributed by atoms with Crippen LogP contribution in [0.1, 0.15) is 25.7 Å². The van der Waals surface area contributed by atoms with E-state index in [0.29, 0.717) is 10.8 Å². The van der Waals surface area contributed by atoms with Crippen LogP contribution in [0.25, 0.3) is 11.0 Å². The summed E-state index contributed by atoms with van der Waals surface area (Å²) in [7, 11) is 0. The lowest BCUT2D eigenvalue weighted by Crippen LogP contribution is -2.33. The standard InChI is InChI=1S/C19H20ClN3OS/c1-12(2)18(19-21-14-8-4-5-9-15(14)22-19)23-17(24)11-25-16-10-6-3-7-13(16)20/h3-10,12,18H,11H2,1-2H3,(H,21,22)(H,23,24). The zero-order valence-electron chi connectivity index (χ0n) is 14.1. The third-order valence-corrected chi connectivity index (χ3v) is 5.40. The molecule has 0 saturated heterocycles. The van der Waals surface area contributed by atoms with Gasteiger partial charge in [-0.25, -0.2) is 4.98 Å². The van der Waals surface area contributed by atoms with Crippen LogP contribution in [-0.4, -0.2) is 21.6 Å². The van der Waals surface area contributed by atoms with E-state index in [2.05, 4.69) is 29.1 Å². The molecule has 1 aromatic heterocycles. The molecule has 3 rings (SSSR count). The summed E-state index contributed by atoms with van der Waals surface area (Å²) >= 11 is 7.57. The number of hydrogen-bond donors (Lipinski definition) is 2. The van der Waals surface area contributed by atoms with Gasteiger partial charge in [-0.2, -0.15) is 0 Å². The molecular weight excluding hydrogens is 354 g/mol. The fraction of sp³-hybridized carbons (Fsp3) is 0.263. The van der Waals surface area contributed by atoms with Crippen molar-refractivity contribution >= 4 is 40.3 Å². The minimum atomic E-state index is -0.160. The number of H-pyrrole nitrogens is 1. The summed E-state index contributed by atoms with van der Waals surface area (Å²) in [5, 5.41) is 3.75. The topological polar surface area (TPSA) is 57.8 Å². The van der Waals surface area contributed by atoms with E-state index in [4.69, 9.17) is 11.6 Å². The SMILES string of the molecule is CC(C)C(NC(=O)CSc1ccccc1Cl)c1nc2ccccc2[nH]1. The summed E-state index contributed by atoms with van der Waals surface area (Å²) < 4.78 is 0. The maximum absolute atomic E-state index is 12.4. The Morgan fingerprint density at radius 2 is 1.92 bits per heavy atom. The van der Waals surface area contributed by atoms with Gasteiger partial charge in [0.25, 0.3) is 0 Å². The number of rotatable bonds is 6. The molecule has 0 aliphatic rings. The highest BCUT2D eigenvalue weighted by molar-refractivity contribution is 8.00. The Labute approximate surface area is 156 Å². The maximum Gasteiger partial charge on any atom is 0.230 e. The largest absolute Gasteiger partial charge is 0.345 e. The van der Waals surface area contributed by atoms with Crippen molar-refractivity contribution < 1.29 is 4.79 Å². The van der Waals surface area contributed by atoms with Crippen molar-refractivity contribution in [1.29, 1.82) is 0 Å². The molecule has 1 heterocycles. The van der Waals surface area contributed by atoms with Crippen LogP contribution in [0.2, 0.25) is 5.02 Å². The zero-order chi connectivity index (χ0) is 17.8. The molecule has 0 saturated carbocycles. The van der Waals surface area contributed by atoms with Gasteiger partial charge in [0.1, 0.15) is 5.82 Å². The van der Waals surface area contributed by atoms with Crippen LogP contribution in [0.4, 0.5) is 0 Å². The van der Waals surface area contributed by atoms with Crippen LogP contribution < -0.4 is 5.32 Å². The number of amides is 1. The Morgan fingerprint density at radius 3 is 2.64 bits per heavy atom. The minimum absolute atomic E-state index is 0.0379. The lowest BCUT2D eigenvalue weighted by atomic mass is 10.0. The molecule has 0 fully saturated rings. The molecule has 3 aromatic rings. The third kappa shape index (κ3) is 4.35. The first kappa shape index (κ1) is 17.8. The van der Waals surface area contributed by atoms with Gasteiger partial charge in [0.15, 0.2) is 0 Å². The monoisotopic (exact) mass is 373 g/mol. The second-order valence-electron chi connectivity index (χ2n) is 6.15. The van der Waals surface area contributed by atoms with E-state index in [0.717, 1.165) is 21.8 Å². The smallest absolute Gasteiger partial charge is 0.230 e. The van der Waals surface area contributed by atoms with Crippen LogP contribution >= 0.6 is 23.4 Å². The van der Waals surface area contributed by atoms with E-state index >= 15 is 0 Å². The maximum atomic E-state index is 12.4. The average molecular weight is 374 g/mol. The van der Waals surface area contributed by atoms with Gasteiger partial charge in [-0.1, -0.05) is 49.7 Å².